The Morgan fingerprint density at radius 3 is 2.18 bits per heavy atom. The normalized spacial score (nSPS) is 22.3. The topological polar surface area (TPSA) is 66.5 Å². The third kappa shape index (κ3) is 5.59. The van der Waals surface area contributed by atoms with Gasteiger partial charge in [-0.1, -0.05) is 23.8 Å². The minimum absolute atomic E-state index is 0.0127. The number of aromatic nitrogens is 1. The van der Waals surface area contributed by atoms with E-state index >= 15 is 0 Å². The number of benzene rings is 1. The van der Waals surface area contributed by atoms with E-state index in [1.54, 1.807) is 0 Å². The van der Waals surface area contributed by atoms with Gasteiger partial charge < -0.3 is 10.2 Å². The highest BCUT2D eigenvalue weighted by Gasteiger charge is 2.60. The van der Waals surface area contributed by atoms with Crippen LogP contribution in [0, 0.1) is 0 Å². The molecule has 2 aromatic rings. The summed E-state index contributed by atoms with van der Waals surface area (Å²) in [5.74, 6) is -0.473. The average molecular weight is 607 g/mol. The van der Waals surface area contributed by atoms with Crippen molar-refractivity contribution in [2.24, 2.45) is 0 Å². The van der Waals surface area contributed by atoms with E-state index < -0.39 is 70.6 Å². The fourth-order valence-corrected chi connectivity index (χ4v) is 4.95. The van der Waals surface area contributed by atoms with Gasteiger partial charge in [-0.05, 0) is 36.2 Å². The molecule has 6 nitrogen and oxygen atoms in total. The second-order valence-corrected chi connectivity index (χ2v) is 9.62. The third-order valence-electron chi connectivity index (χ3n) is 6.44. The quantitative estimate of drug-likeness (QED) is 0.370. The Kier molecular flexibility index (Phi) is 7.44. The molecule has 1 amide bonds. The van der Waals surface area contributed by atoms with Gasteiger partial charge >= 0.3 is 18.5 Å². The molecule has 2 N–H and O–H groups in total. The highest BCUT2D eigenvalue weighted by molar-refractivity contribution is 7.80. The van der Waals surface area contributed by atoms with Crippen molar-refractivity contribution in [1.29, 1.82) is 0 Å². The number of halogens is 10. The molecule has 2 aliphatic rings. The van der Waals surface area contributed by atoms with Crippen molar-refractivity contribution in [1.82, 2.24) is 15.8 Å². The van der Waals surface area contributed by atoms with Gasteiger partial charge in [0.25, 0.3) is 5.91 Å². The summed E-state index contributed by atoms with van der Waals surface area (Å²) < 4.78 is 124. The van der Waals surface area contributed by atoms with Crippen LogP contribution in [0.5, 0.6) is 0 Å². The fraction of sp³-hybridized carbons (Fsp3) is 0.409. The largest absolute Gasteiger partial charge is 0.417 e. The lowest BCUT2D eigenvalue weighted by Gasteiger charge is -2.34. The van der Waals surface area contributed by atoms with Gasteiger partial charge in [0.2, 0.25) is 0 Å². The first-order valence-corrected chi connectivity index (χ1v) is 11.7. The van der Waals surface area contributed by atoms with Crippen molar-refractivity contribution in [3.8, 4) is 0 Å². The molecule has 2 aliphatic heterocycles. The molecule has 0 aliphatic carbocycles. The smallest absolute Gasteiger partial charge is 0.369 e. The molecule has 1 aromatic heterocycles. The van der Waals surface area contributed by atoms with Crippen LogP contribution in [0.3, 0.4) is 0 Å². The zero-order valence-corrected chi connectivity index (χ0v) is 20.8. The van der Waals surface area contributed by atoms with Crippen LogP contribution in [0.4, 0.5) is 45.2 Å². The number of hydrogen-bond donors (Lipinski definition) is 2. The summed E-state index contributed by atoms with van der Waals surface area (Å²) in [7, 11) is 0. The van der Waals surface area contributed by atoms with E-state index in [0.29, 0.717) is 0 Å². The zero-order valence-electron chi connectivity index (χ0n) is 19.2. The van der Waals surface area contributed by atoms with Crippen LogP contribution in [0.2, 0.25) is 5.02 Å². The van der Waals surface area contributed by atoms with Crippen molar-refractivity contribution in [3.05, 3.63) is 57.9 Å². The molecule has 1 aromatic carbocycles. The Bertz CT molecular complexity index is 1250. The summed E-state index contributed by atoms with van der Waals surface area (Å²) in [5.41, 5.74) is -5.88. The fourth-order valence-electron chi connectivity index (χ4n) is 4.36. The Morgan fingerprint density at radius 2 is 1.72 bits per heavy atom. The molecule has 3 heterocycles. The van der Waals surface area contributed by atoms with E-state index in [-0.39, 0.29) is 41.7 Å². The van der Waals surface area contributed by atoms with E-state index in [1.165, 1.54) is 12.1 Å². The maximum atomic E-state index is 14.4. The number of thiocarbonyl (C=S) groups is 1. The minimum Gasteiger partial charge on any atom is -0.369 e. The Morgan fingerprint density at radius 1 is 1.10 bits per heavy atom. The van der Waals surface area contributed by atoms with Gasteiger partial charge in [-0.15, -0.1) is 0 Å². The van der Waals surface area contributed by atoms with Gasteiger partial charge in [0.05, 0.1) is 33.7 Å². The van der Waals surface area contributed by atoms with E-state index in [1.807, 2.05) is 0 Å². The molecule has 0 spiro atoms. The van der Waals surface area contributed by atoms with Crippen LogP contribution in [0.1, 0.15) is 28.8 Å². The molecule has 2 unspecified atom stereocenters. The molecule has 212 valence electrons. The first-order valence-electron chi connectivity index (χ1n) is 10.9. The van der Waals surface area contributed by atoms with E-state index in [9.17, 15) is 44.3 Å². The van der Waals surface area contributed by atoms with Gasteiger partial charge in [0.1, 0.15) is 23.1 Å². The summed E-state index contributed by atoms with van der Waals surface area (Å²) in [6.07, 6.45) is -15.8. The molecule has 2 atom stereocenters. The maximum Gasteiger partial charge on any atom is 0.417 e. The lowest BCUT2D eigenvalue weighted by Crippen LogP contribution is -2.45. The van der Waals surface area contributed by atoms with Crippen molar-refractivity contribution in [3.63, 3.8) is 0 Å². The Hall–Kier alpha value is -2.85. The van der Waals surface area contributed by atoms with Crippen LogP contribution in [-0.2, 0) is 27.4 Å². The van der Waals surface area contributed by atoms with Crippen molar-refractivity contribution in [2.75, 3.05) is 24.6 Å². The number of amides is 1. The summed E-state index contributed by atoms with van der Waals surface area (Å²) in [5, 5.41) is 0.978. The number of anilines is 1. The number of nitrogens with zero attached hydrogens (tertiary/aromatic N) is 2. The predicted molar refractivity (Wildman–Crippen MR) is 123 cm³/mol. The van der Waals surface area contributed by atoms with E-state index in [4.69, 9.17) is 28.7 Å². The van der Waals surface area contributed by atoms with Gasteiger partial charge in [-0.25, -0.2) is 5.48 Å². The molecular formula is C22H16ClF9N4O2S. The summed E-state index contributed by atoms with van der Waals surface area (Å²) in [6, 6.07) is 1.97. The SMILES string of the molecule is O=C1NOCC1NC(=S)c1ccc(N2CCC(c3cc(C(F)(F)F)c(Cl)c(C(F)(F)F)c3)(C(F)(F)F)C2)cn1. The highest BCUT2D eigenvalue weighted by atomic mass is 35.5. The molecule has 2 fully saturated rings. The van der Waals surface area contributed by atoms with Crippen molar-refractivity contribution >= 4 is 40.4 Å². The average Bonchev–Trinajstić information content (AvgIpc) is 3.45. The standard InChI is InChI=1S/C22H16ClF9N4O2S/c23-16-12(20(24,25)26)5-10(6-13(16)21(27,28)29)19(22(30,31)32)3-4-36(9-19)11-1-2-14(33-7-11)18(39)34-15-8-38-35-17(15)37/h1-2,5-7,15H,3-4,8-9H2,(H,34,39)(H,35,37). The summed E-state index contributed by atoms with van der Waals surface area (Å²) in [6.45, 7) is -1.34. The predicted octanol–water partition coefficient (Wildman–Crippen LogP) is 5.18. The Balaban J connectivity index is 1.66. The Labute approximate surface area is 224 Å². The van der Waals surface area contributed by atoms with Crippen molar-refractivity contribution in [2.45, 2.75) is 36.4 Å². The minimum atomic E-state index is -5.43. The molecule has 0 radical (unpaired) electrons. The number of nitrogens with one attached hydrogen (secondary N) is 2. The van der Waals surface area contributed by atoms with Gasteiger partial charge in [-0.2, -0.15) is 39.5 Å². The molecule has 17 heteroatoms. The number of pyridine rings is 1. The molecule has 4 rings (SSSR count). The number of alkyl halides is 9. The molecule has 39 heavy (non-hydrogen) atoms. The second kappa shape index (κ2) is 9.96. The molecule has 0 bridgehead atoms. The highest BCUT2D eigenvalue weighted by Crippen LogP contribution is 2.52. The number of carbonyl (C=O) groups is 1. The number of rotatable bonds is 4. The lowest BCUT2D eigenvalue weighted by atomic mass is 9.77. The van der Waals surface area contributed by atoms with Gasteiger partial charge in [-0.3, -0.25) is 14.6 Å². The maximum absolute atomic E-state index is 14.4. The monoisotopic (exact) mass is 606 g/mol. The summed E-state index contributed by atoms with van der Waals surface area (Å²) >= 11 is 10.5. The van der Waals surface area contributed by atoms with Crippen LogP contribution in [-0.4, -0.2) is 47.8 Å². The van der Waals surface area contributed by atoms with Crippen LogP contribution in [0.25, 0.3) is 0 Å². The second-order valence-electron chi connectivity index (χ2n) is 8.84. The van der Waals surface area contributed by atoms with Gasteiger partial charge in [0.15, 0.2) is 0 Å². The zero-order chi connectivity index (χ0) is 29.0. The number of hydroxylamine groups is 1. The van der Waals surface area contributed by atoms with E-state index in [0.717, 1.165) is 11.1 Å². The summed E-state index contributed by atoms with van der Waals surface area (Å²) in [4.78, 5) is 21.6. The van der Waals surface area contributed by atoms with Crippen LogP contribution < -0.4 is 15.7 Å². The van der Waals surface area contributed by atoms with Crippen LogP contribution >= 0.6 is 23.8 Å². The number of hydrogen-bond acceptors (Lipinski definition) is 5. The molecular weight excluding hydrogens is 591 g/mol. The van der Waals surface area contributed by atoms with Crippen LogP contribution in [0.15, 0.2) is 30.5 Å². The van der Waals surface area contributed by atoms with E-state index in [2.05, 4.69) is 15.8 Å². The first-order chi connectivity index (χ1) is 17.9. The first kappa shape index (κ1) is 29.1. The van der Waals surface area contributed by atoms with Crippen molar-refractivity contribution < 1.29 is 49.1 Å². The molecule has 2 saturated heterocycles. The number of carbonyl (C=O) groups excluding carboxylic acids is 1. The van der Waals surface area contributed by atoms with Gasteiger partial charge in [0, 0.05) is 13.1 Å². The molecule has 0 saturated carbocycles. The lowest BCUT2D eigenvalue weighted by molar-refractivity contribution is -0.185. The third-order valence-corrected chi connectivity index (χ3v) is 7.17.